The quantitative estimate of drug-likeness (QED) is 0.532. The van der Waals surface area contributed by atoms with E-state index in [1.54, 1.807) is 30.0 Å². The second-order valence-corrected chi connectivity index (χ2v) is 7.73. The van der Waals surface area contributed by atoms with Crippen molar-refractivity contribution < 1.29 is 27.4 Å². The number of methoxy groups -OCH3 is 2. The van der Waals surface area contributed by atoms with Gasteiger partial charge in [-0.3, -0.25) is 9.69 Å². The van der Waals surface area contributed by atoms with Crippen LogP contribution in [0.25, 0.3) is 11.0 Å². The Hall–Kier alpha value is -3.14. The first-order chi connectivity index (χ1) is 15.3. The van der Waals surface area contributed by atoms with Gasteiger partial charge in [-0.1, -0.05) is 5.21 Å². The topological polar surface area (TPSA) is 69.5 Å². The zero-order valence-electron chi connectivity index (χ0n) is 17.7. The molecule has 10 heteroatoms. The SMILES string of the molecule is COc1ccc(OC)c(C(=O)CN2CCC(n3nnc4cc(C(F)(F)F)ccc43)CC2)c1. The Bertz CT molecular complexity index is 1120. The monoisotopic (exact) mass is 448 g/mol. The Labute approximate surface area is 182 Å². The fourth-order valence-electron chi connectivity index (χ4n) is 4.03. The van der Waals surface area contributed by atoms with Crippen molar-refractivity contribution in [2.75, 3.05) is 33.9 Å². The van der Waals surface area contributed by atoms with Gasteiger partial charge in [-0.15, -0.1) is 5.10 Å². The van der Waals surface area contributed by atoms with E-state index in [1.807, 2.05) is 0 Å². The molecule has 1 aliphatic rings. The maximum Gasteiger partial charge on any atom is 0.416 e. The van der Waals surface area contributed by atoms with Crippen molar-refractivity contribution in [1.29, 1.82) is 0 Å². The van der Waals surface area contributed by atoms with Gasteiger partial charge in [0.15, 0.2) is 5.78 Å². The normalized spacial score (nSPS) is 15.8. The minimum Gasteiger partial charge on any atom is -0.497 e. The highest BCUT2D eigenvalue weighted by Crippen LogP contribution is 2.32. The summed E-state index contributed by atoms with van der Waals surface area (Å²) in [5, 5.41) is 8.03. The molecule has 0 amide bonds. The van der Waals surface area contributed by atoms with Crippen LogP contribution >= 0.6 is 0 Å². The number of nitrogens with zero attached hydrogens (tertiary/aromatic N) is 4. The lowest BCUT2D eigenvalue weighted by Gasteiger charge is -2.31. The molecular weight excluding hydrogens is 425 g/mol. The van der Waals surface area contributed by atoms with Crippen LogP contribution < -0.4 is 9.47 Å². The number of benzene rings is 2. The third-order valence-corrected chi connectivity index (χ3v) is 5.78. The number of likely N-dealkylation sites (tertiary alicyclic amines) is 1. The minimum atomic E-state index is -4.42. The number of ether oxygens (including phenoxy) is 2. The molecule has 0 radical (unpaired) electrons. The molecule has 2 heterocycles. The van der Waals surface area contributed by atoms with Gasteiger partial charge in [-0.2, -0.15) is 13.2 Å². The molecule has 0 spiro atoms. The Balaban J connectivity index is 1.42. The molecule has 1 fully saturated rings. The molecule has 1 aromatic heterocycles. The summed E-state index contributed by atoms with van der Waals surface area (Å²) in [5.41, 5.74) is 0.534. The molecule has 1 aliphatic heterocycles. The van der Waals surface area contributed by atoms with Crippen molar-refractivity contribution in [2.24, 2.45) is 0 Å². The molecule has 2 aromatic carbocycles. The summed E-state index contributed by atoms with van der Waals surface area (Å²) in [6.07, 6.45) is -2.99. The lowest BCUT2D eigenvalue weighted by Crippen LogP contribution is -2.38. The molecule has 0 N–H and O–H groups in total. The van der Waals surface area contributed by atoms with Gasteiger partial charge in [-0.05, 0) is 49.2 Å². The van der Waals surface area contributed by atoms with Crippen LogP contribution in [0.3, 0.4) is 0 Å². The Morgan fingerprint density at radius 2 is 1.84 bits per heavy atom. The molecule has 4 rings (SSSR count). The molecule has 1 saturated heterocycles. The van der Waals surface area contributed by atoms with E-state index in [1.165, 1.54) is 13.2 Å². The maximum absolute atomic E-state index is 12.9. The number of fused-ring (bicyclic) bond motifs is 1. The smallest absolute Gasteiger partial charge is 0.416 e. The van der Waals surface area contributed by atoms with E-state index in [0.717, 1.165) is 12.1 Å². The number of alkyl halides is 3. The predicted molar refractivity (Wildman–Crippen MR) is 111 cm³/mol. The number of halogens is 3. The van der Waals surface area contributed by atoms with Crippen molar-refractivity contribution in [1.82, 2.24) is 19.9 Å². The van der Waals surface area contributed by atoms with Gasteiger partial charge in [0.1, 0.15) is 17.0 Å². The van der Waals surface area contributed by atoms with Crippen LogP contribution in [0.4, 0.5) is 13.2 Å². The standard InChI is InChI=1S/C22H23F3N4O3/c1-31-16-4-6-21(32-2)17(12-16)20(30)13-28-9-7-15(8-10-28)29-19-5-3-14(22(23,24)25)11-18(19)26-27-29/h3-6,11-12,15H,7-10,13H2,1-2H3. The molecule has 0 saturated carbocycles. The number of ketones is 1. The lowest BCUT2D eigenvalue weighted by molar-refractivity contribution is -0.137. The number of aromatic nitrogens is 3. The van der Waals surface area contributed by atoms with E-state index in [2.05, 4.69) is 15.2 Å². The van der Waals surface area contributed by atoms with Gasteiger partial charge in [0.25, 0.3) is 0 Å². The van der Waals surface area contributed by atoms with E-state index >= 15 is 0 Å². The summed E-state index contributed by atoms with van der Waals surface area (Å²) >= 11 is 0. The van der Waals surface area contributed by atoms with Crippen molar-refractivity contribution >= 4 is 16.8 Å². The Kier molecular flexibility index (Phi) is 6.05. The summed E-state index contributed by atoms with van der Waals surface area (Å²) in [6, 6.07) is 8.62. The van der Waals surface area contributed by atoms with Crippen molar-refractivity contribution in [2.45, 2.75) is 25.1 Å². The zero-order chi connectivity index (χ0) is 22.9. The van der Waals surface area contributed by atoms with Crippen LogP contribution in [0.5, 0.6) is 11.5 Å². The molecule has 7 nitrogen and oxygen atoms in total. The molecule has 0 bridgehead atoms. The van der Waals surface area contributed by atoms with Crippen LogP contribution in [-0.4, -0.2) is 59.5 Å². The number of hydrogen-bond donors (Lipinski definition) is 0. The summed E-state index contributed by atoms with van der Waals surface area (Å²) in [6.45, 7) is 1.55. The fraction of sp³-hybridized carbons (Fsp3) is 0.409. The van der Waals surface area contributed by atoms with Crippen LogP contribution in [0.1, 0.15) is 34.8 Å². The molecule has 3 aromatic rings. The minimum absolute atomic E-state index is 0.00874. The van der Waals surface area contributed by atoms with Crippen LogP contribution in [0, 0.1) is 0 Å². The number of hydrogen-bond acceptors (Lipinski definition) is 6. The van der Waals surface area contributed by atoms with E-state index in [4.69, 9.17) is 9.47 Å². The molecule has 0 aliphatic carbocycles. The van der Waals surface area contributed by atoms with Crippen molar-refractivity contribution in [3.8, 4) is 11.5 Å². The average Bonchev–Trinajstić information content (AvgIpc) is 3.22. The molecule has 0 atom stereocenters. The first kappa shape index (κ1) is 22.1. The lowest BCUT2D eigenvalue weighted by atomic mass is 10.0. The second-order valence-electron chi connectivity index (χ2n) is 7.73. The summed E-state index contributed by atoms with van der Waals surface area (Å²) in [7, 11) is 3.06. The largest absolute Gasteiger partial charge is 0.497 e. The number of piperidine rings is 1. The molecule has 0 unspecified atom stereocenters. The summed E-state index contributed by atoms with van der Waals surface area (Å²) < 4.78 is 51.0. The first-order valence-electron chi connectivity index (χ1n) is 10.2. The second kappa shape index (κ2) is 8.78. The van der Waals surface area contributed by atoms with Gasteiger partial charge < -0.3 is 9.47 Å². The van der Waals surface area contributed by atoms with E-state index < -0.39 is 11.7 Å². The summed E-state index contributed by atoms with van der Waals surface area (Å²) in [5.74, 6) is 1.02. The van der Waals surface area contributed by atoms with Crippen LogP contribution in [0.15, 0.2) is 36.4 Å². The van der Waals surface area contributed by atoms with E-state index in [9.17, 15) is 18.0 Å². The maximum atomic E-state index is 12.9. The Morgan fingerprint density at radius 1 is 1.09 bits per heavy atom. The highest BCUT2D eigenvalue weighted by atomic mass is 19.4. The highest BCUT2D eigenvalue weighted by molar-refractivity contribution is 6.00. The van der Waals surface area contributed by atoms with Gasteiger partial charge in [-0.25, -0.2) is 4.68 Å². The number of rotatable bonds is 6. The molecule has 170 valence electrons. The number of carbonyl (C=O) groups excluding carboxylic acids is 1. The van der Waals surface area contributed by atoms with Gasteiger partial charge in [0.05, 0.1) is 43.4 Å². The van der Waals surface area contributed by atoms with E-state index in [0.29, 0.717) is 48.5 Å². The van der Waals surface area contributed by atoms with Crippen LogP contribution in [0.2, 0.25) is 0 Å². The van der Waals surface area contributed by atoms with Gasteiger partial charge >= 0.3 is 6.18 Å². The highest BCUT2D eigenvalue weighted by Gasteiger charge is 2.31. The third-order valence-electron chi connectivity index (χ3n) is 5.78. The van der Waals surface area contributed by atoms with Gasteiger partial charge in [0, 0.05) is 13.1 Å². The first-order valence-corrected chi connectivity index (χ1v) is 10.2. The Morgan fingerprint density at radius 3 is 2.50 bits per heavy atom. The predicted octanol–water partition coefficient (Wildman–Crippen LogP) is 3.99. The molecular formula is C22H23F3N4O3. The van der Waals surface area contributed by atoms with Crippen molar-refractivity contribution in [3.63, 3.8) is 0 Å². The fourth-order valence-corrected chi connectivity index (χ4v) is 4.03. The average molecular weight is 448 g/mol. The zero-order valence-corrected chi connectivity index (χ0v) is 17.7. The molecule has 32 heavy (non-hydrogen) atoms. The van der Waals surface area contributed by atoms with Crippen molar-refractivity contribution in [3.05, 3.63) is 47.5 Å². The summed E-state index contributed by atoms with van der Waals surface area (Å²) in [4.78, 5) is 14.9. The number of Topliss-reactive ketones (excluding diaryl/α,β-unsaturated/α-hetero) is 1. The van der Waals surface area contributed by atoms with Gasteiger partial charge in [0.2, 0.25) is 0 Å². The van der Waals surface area contributed by atoms with E-state index in [-0.39, 0.29) is 23.9 Å². The van der Waals surface area contributed by atoms with Crippen LogP contribution in [-0.2, 0) is 6.18 Å². The third kappa shape index (κ3) is 4.40. The number of carbonyl (C=O) groups is 1.